The molecule has 3 aromatic rings. The molecule has 0 radical (unpaired) electrons. The van der Waals surface area contributed by atoms with Crippen molar-refractivity contribution in [3.05, 3.63) is 53.3 Å². The number of piperidine rings is 1. The highest BCUT2D eigenvalue weighted by Gasteiger charge is 2.48. The van der Waals surface area contributed by atoms with Crippen molar-refractivity contribution in [2.24, 2.45) is 0 Å². The third-order valence-electron chi connectivity index (χ3n) is 8.43. The van der Waals surface area contributed by atoms with E-state index in [0.717, 1.165) is 17.3 Å². The maximum absolute atomic E-state index is 14.0. The molecular weight excluding hydrogens is 511 g/mol. The van der Waals surface area contributed by atoms with Gasteiger partial charge in [0.25, 0.3) is 0 Å². The molecule has 1 aromatic heterocycles. The van der Waals surface area contributed by atoms with Gasteiger partial charge in [0.2, 0.25) is 5.91 Å². The van der Waals surface area contributed by atoms with Crippen LogP contribution in [-0.2, 0) is 16.4 Å². The normalized spacial score (nSPS) is 24.3. The highest BCUT2D eigenvalue weighted by Crippen LogP contribution is 2.46. The smallest absolute Gasteiger partial charge is 0.418 e. The van der Waals surface area contributed by atoms with E-state index >= 15 is 0 Å². The van der Waals surface area contributed by atoms with E-state index in [9.17, 15) is 28.3 Å². The molecule has 8 nitrogen and oxygen atoms in total. The summed E-state index contributed by atoms with van der Waals surface area (Å²) in [5, 5.41) is 22.3. The maximum atomic E-state index is 14.0. The number of aromatic nitrogens is 2. The molecule has 2 fully saturated rings. The first-order valence-electron chi connectivity index (χ1n) is 13.0. The molecule has 204 valence electrons. The van der Waals surface area contributed by atoms with Crippen molar-refractivity contribution in [2.75, 3.05) is 31.6 Å². The number of benzene rings is 2. The van der Waals surface area contributed by atoms with Crippen LogP contribution in [-0.4, -0.2) is 57.3 Å². The minimum absolute atomic E-state index is 0.00588. The second-order valence-electron chi connectivity index (χ2n) is 11.1. The van der Waals surface area contributed by atoms with Crippen LogP contribution >= 0.6 is 0 Å². The zero-order valence-corrected chi connectivity index (χ0v) is 21.4. The van der Waals surface area contributed by atoms with Crippen LogP contribution in [0.15, 0.2) is 36.7 Å². The lowest BCUT2D eigenvalue weighted by atomic mass is 9.73. The van der Waals surface area contributed by atoms with Crippen molar-refractivity contribution in [3.63, 3.8) is 0 Å². The number of imidazole rings is 1. The molecule has 0 unspecified atom stereocenters. The highest BCUT2D eigenvalue weighted by atomic mass is 19.4. The second kappa shape index (κ2) is 8.96. The minimum Gasteiger partial charge on any atom is -0.492 e. The Kier molecular flexibility index (Phi) is 5.89. The lowest BCUT2D eigenvalue weighted by Crippen LogP contribution is -2.47. The molecule has 0 bridgehead atoms. The van der Waals surface area contributed by atoms with E-state index in [1.165, 1.54) is 17.0 Å². The fourth-order valence-electron chi connectivity index (χ4n) is 6.30. The molecule has 3 heterocycles. The average Bonchev–Trinajstić information content (AvgIpc) is 3.41. The van der Waals surface area contributed by atoms with Crippen molar-refractivity contribution in [3.8, 4) is 11.8 Å². The minimum atomic E-state index is -4.59. The zero-order valence-electron chi connectivity index (χ0n) is 21.4. The lowest BCUT2D eigenvalue weighted by Gasteiger charge is -2.41. The van der Waals surface area contributed by atoms with Crippen LogP contribution in [0.3, 0.4) is 0 Å². The van der Waals surface area contributed by atoms with Gasteiger partial charge in [0.05, 0.1) is 45.6 Å². The monoisotopic (exact) mass is 539 g/mol. The number of hydrogen-bond acceptors (Lipinski definition) is 6. The molecule has 2 aliphatic heterocycles. The number of carbonyl (C=O) groups excluding carboxylic acids is 1. The standard InChI is InChI=1S/C28H28F3N5O3/c1-26(38)13-18(14-26)36-16-33-23-12-19(11-21(24(23)36)28(29,30)31)39-9-8-35-6-4-27(5-7-35)20-10-17(15-32)2-3-22(20)34-25(27)37/h2-3,10-12,16,18,38H,4-9,13-14H2,1H3,(H,34,37). The van der Waals surface area contributed by atoms with Gasteiger partial charge in [0, 0.05) is 24.3 Å². The van der Waals surface area contributed by atoms with E-state index in [0.29, 0.717) is 50.9 Å². The summed E-state index contributed by atoms with van der Waals surface area (Å²) in [6.45, 7) is 3.59. The number of fused-ring (bicyclic) bond motifs is 3. The Balaban J connectivity index is 1.13. The first-order chi connectivity index (χ1) is 18.5. The number of nitriles is 1. The number of halogens is 3. The molecule has 1 aliphatic carbocycles. The number of nitrogens with zero attached hydrogens (tertiary/aromatic N) is 4. The van der Waals surface area contributed by atoms with Crippen LogP contribution in [0.2, 0.25) is 0 Å². The Bertz CT molecular complexity index is 1490. The zero-order chi connectivity index (χ0) is 27.6. The Labute approximate surface area is 223 Å². The Morgan fingerprint density at radius 2 is 1.97 bits per heavy atom. The van der Waals surface area contributed by atoms with Crippen molar-refractivity contribution in [1.82, 2.24) is 14.5 Å². The van der Waals surface area contributed by atoms with Gasteiger partial charge in [-0.25, -0.2) is 4.98 Å². The van der Waals surface area contributed by atoms with Gasteiger partial charge in [-0.3, -0.25) is 9.69 Å². The molecule has 2 aromatic carbocycles. The van der Waals surface area contributed by atoms with Crippen LogP contribution in [0.1, 0.15) is 55.3 Å². The third-order valence-corrected chi connectivity index (χ3v) is 8.43. The molecule has 3 aliphatic rings. The summed E-state index contributed by atoms with van der Waals surface area (Å²) in [5.41, 5.74) is -0.0145. The molecule has 39 heavy (non-hydrogen) atoms. The fraction of sp³-hybridized carbons (Fsp3) is 0.464. The Morgan fingerprint density at radius 1 is 1.23 bits per heavy atom. The summed E-state index contributed by atoms with van der Waals surface area (Å²) < 4.78 is 49.4. The van der Waals surface area contributed by atoms with Gasteiger partial charge in [0.15, 0.2) is 0 Å². The van der Waals surface area contributed by atoms with Crippen LogP contribution in [0.5, 0.6) is 5.75 Å². The van der Waals surface area contributed by atoms with E-state index in [1.807, 2.05) is 0 Å². The van der Waals surface area contributed by atoms with E-state index in [-0.39, 0.29) is 35.3 Å². The predicted molar refractivity (Wildman–Crippen MR) is 136 cm³/mol. The fourth-order valence-corrected chi connectivity index (χ4v) is 6.30. The molecule has 2 N–H and O–H groups in total. The van der Waals surface area contributed by atoms with Gasteiger partial charge in [-0.15, -0.1) is 0 Å². The van der Waals surface area contributed by atoms with Crippen molar-refractivity contribution >= 4 is 22.6 Å². The number of carbonyl (C=O) groups is 1. The van der Waals surface area contributed by atoms with Crippen LogP contribution in [0.4, 0.5) is 18.9 Å². The van der Waals surface area contributed by atoms with Crippen molar-refractivity contribution in [1.29, 1.82) is 5.26 Å². The third kappa shape index (κ3) is 4.41. The van der Waals surface area contributed by atoms with Gasteiger partial charge in [-0.2, -0.15) is 18.4 Å². The number of amides is 1. The molecule has 1 spiro atoms. The lowest BCUT2D eigenvalue weighted by molar-refractivity contribution is -0.136. The van der Waals surface area contributed by atoms with Gasteiger partial charge in [-0.1, -0.05) is 0 Å². The molecule has 1 saturated carbocycles. The first-order valence-corrected chi connectivity index (χ1v) is 13.0. The van der Waals surface area contributed by atoms with Crippen LogP contribution < -0.4 is 10.1 Å². The topological polar surface area (TPSA) is 103 Å². The Morgan fingerprint density at radius 3 is 2.64 bits per heavy atom. The summed E-state index contributed by atoms with van der Waals surface area (Å²) in [7, 11) is 0. The summed E-state index contributed by atoms with van der Waals surface area (Å²) in [6.07, 6.45) is -1.28. The van der Waals surface area contributed by atoms with E-state index in [1.54, 1.807) is 25.1 Å². The molecule has 1 amide bonds. The van der Waals surface area contributed by atoms with Crippen LogP contribution in [0.25, 0.3) is 11.0 Å². The number of likely N-dealkylation sites (tertiary alicyclic amines) is 1. The van der Waals surface area contributed by atoms with Gasteiger partial charge >= 0.3 is 6.18 Å². The number of alkyl halides is 3. The van der Waals surface area contributed by atoms with Gasteiger partial charge in [0.1, 0.15) is 12.4 Å². The van der Waals surface area contributed by atoms with E-state index in [2.05, 4.69) is 21.3 Å². The first kappa shape index (κ1) is 25.6. The number of ether oxygens (including phenoxy) is 1. The largest absolute Gasteiger partial charge is 0.492 e. The molecule has 0 atom stereocenters. The number of hydrogen-bond donors (Lipinski definition) is 2. The molecule has 11 heteroatoms. The summed E-state index contributed by atoms with van der Waals surface area (Å²) >= 11 is 0. The summed E-state index contributed by atoms with van der Waals surface area (Å²) in [6, 6.07) is 9.69. The van der Waals surface area contributed by atoms with Crippen molar-refractivity contribution < 1.29 is 27.8 Å². The molecule has 1 saturated heterocycles. The quantitative estimate of drug-likeness (QED) is 0.499. The molecule has 6 rings (SSSR count). The SMILES string of the molecule is CC1(O)CC(n2cnc3cc(OCCN4CCC5(CC4)C(=O)Nc4ccc(C#N)cc45)cc(C(F)(F)F)c32)C1. The average molecular weight is 540 g/mol. The number of aliphatic hydroxyl groups is 1. The van der Waals surface area contributed by atoms with Gasteiger partial charge < -0.3 is 19.7 Å². The predicted octanol–water partition coefficient (Wildman–Crippen LogP) is 4.38. The number of rotatable bonds is 5. The number of nitrogens with one attached hydrogen (secondary N) is 1. The van der Waals surface area contributed by atoms with Crippen molar-refractivity contribution in [2.45, 2.75) is 55.8 Å². The van der Waals surface area contributed by atoms with Gasteiger partial charge in [-0.05, 0) is 75.5 Å². The van der Waals surface area contributed by atoms with E-state index in [4.69, 9.17) is 4.74 Å². The van der Waals surface area contributed by atoms with Crippen LogP contribution in [0, 0.1) is 11.3 Å². The number of anilines is 1. The Hall–Kier alpha value is -3.62. The maximum Gasteiger partial charge on any atom is 0.418 e. The highest BCUT2D eigenvalue weighted by molar-refractivity contribution is 6.06. The summed E-state index contributed by atoms with van der Waals surface area (Å²) in [4.78, 5) is 19.2. The second-order valence-corrected chi connectivity index (χ2v) is 11.1. The molecular formula is C28H28F3N5O3. The summed E-state index contributed by atoms with van der Waals surface area (Å²) in [5.74, 6) is 0.0451. The van der Waals surface area contributed by atoms with E-state index < -0.39 is 22.8 Å².